The van der Waals surface area contributed by atoms with Gasteiger partial charge in [-0.2, -0.15) is 0 Å². The second-order valence-corrected chi connectivity index (χ2v) is 6.19. The minimum atomic E-state index is 0.299. The smallest absolute Gasteiger partial charge is 0.222 e. The molecule has 0 atom stereocenters. The van der Waals surface area contributed by atoms with Crippen LogP contribution in [0.1, 0.15) is 30.5 Å². The third kappa shape index (κ3) is 2.63. The number of aromatic nitrogens is 2. The van der Waals surface area contributed by atoms with Crippen LogP contribution in [-0.4, -0.2) is 33.9 Å². The number of hydrogen-bond donors (Lipinski definition) is 0. The molecule has 2 aromatic heterocycles. The number of rotatable bonds is 3. The maximum Gasteiger partial charge on any atom is 0.222 e. The summed E-state index contributed by atoms with van der Waals surface area (Å²) in [6, 6.07) is 1.92. The minimum absolute atomic E-state index is 0.299. The number of furan rings is 1. The van der Waals surface area contributed by atoms with E-state index in [0.717, 1.165) is 54.9 Å². The summed E-state index contributed by atoms with van der Waals surface area (Å²) in [5.74, 6) is 0.938. The van der Waals surface area contributed by atoms with Gasteiger partial charge >= 0.3 is 0 Å². The van der Waals surface area contributed by atoms with Gasteiger partial charge < -0.3 is 9.32 Å². The van der Waals surface area contributed by atoms with Crippen LogP contribution in [0.3, 0.4) is 0 Å². The molecule has 2 aromatic rings. The van der Waals surface area contributed by atoms with Gasteiger partial charge in [0.1, 0.15) is 6.33 Å². The van der Waals surface area contributed by atoms with Gasteiger partial charge in [0, 0.05) is 42.8 Å². The Balaban J connectivity index is 1.56. The Bertz CT molecular complexity index is 677. The Kier molecular flexibility index (Phi) is 3.41. The molecule has 1 fully saturated rings. The molecule has 3 heterocycles. The monoisotopic (exact) mass is 297 g/mol. The summed E-state index contributed by atoms with van der Waals surface area (Å²) < 4.78 is 5.18. The quantitative estimate of drug-likeness (QED) is 0.873. The lowest BCUT2D eigenvalue weighted by Gasteiger charge is -2.20. The molecule has 0 N–H and O–H groups in total. The van der Waals surface area contributed by atoms with Gasteiger partial charge in [0.05, 0.1) is 18.2 Å². The molecule has 5 heteroatoms. The SMILES string of the molecule is O=C(CC1CC1)N1CCc2ncnc(-c3ccoc3)c2CC1. The van der Waals surface area contributed by atoms with Crippen LogP contribution in [0, 0.1) is 5.92 Å². The van der Waals surface area contributed by atoms with Crippen LogP contribution in [-0.2, 0) is 17.6 Å². The van der Waals surface area contributed by atoms with E-state index in [-0.39, 0.29) is 0 Å². The van der Waals surface area contributed by atoms with E-state index in [4.69, 9.17) is 4.42 Å². The average molecular weight is 297 g/mol. The molecule has 4 rings (SSSR count). The molecule has 1 aliphatic carbocycles. The third-order valence-electron chi connectivity index (χ3n) is 4.59. The summed E-state index contributed by atoms with van der Waals surface area (Å²) in [7, 11) is 0. The molecule has 2 aliphatic rings. The van der Waals surface area contributed by atoms with E-state index >= 15 is 0 Å². The lowest BCUT2D eigenvalue weighted by molar-refractivity contribution is -0.131. The molecule has 114 valence electrons. The summed E-state index contributed by atoms with van der Waals surface area (Å²) >= 11 is 0. The van der Waals surface area contributed by atoms with Gasteiger partial charge in [-0.1, -0.05) is 0 Å². The molecular formula is C17H19N3O2. The predicted molar refractivity (Wildman–Crippen MR) is 81.1 cm³/mol. The van der Waals surface area contributed by atoms with Crippen LogP contribution in [0.2, 0.25) is 0 Å². The van der Waals surface area contributed by atoms with Crippen LogP contribution < -0.4 is 0 Å². The second kappa shape index (κ2) is 5.55. The topological polar surface area (TPSA) is 59.2 Å². The lowest BCUT2D eigenvalue weighted by Crippen LogP contribution is -2.33. The van der Waals surface area contributed by atoms with Crippen molar-refractivity contribution in [2.24, 2.45) is 5.92 Å². The van der Waals surface area contributed by atoms with Gasteiger partial charge in [-0.25, -0.2) is 9.97 Å². The minimum Gasteiger partial charge on any atom is -0.472 e. The van der Waals surface area contributed by atoms with Gasteiger partial charge in [-0.05, 0) is 31.2 Å². The highest BCUT2D eigenvalue weighted by Crippen LogP contribution is 2.33. The maximum absolute atomic E-state index is 12.3. The van der Waals surface area contributed by atoms with Gasteiger partial charge in [0.2, 0.25) is 5.91 Å². The molecule has 0 bridgehead atoms. The van der Waals surface area contributed by atoms with E-state index in [1.54, 1.807) is 18.9 Å². The number of carbonyl (C=O) groups excluding carboxylic acids is 1. The fraction of sp³-hybridized carbons (Fsp3) is 0.471. The number of fused-ring (bicyclic) bond motifs is 1. The van der Waals surface area contributed by atoms with Crippen molar-refractivity contribution in [2.75, 3.05) is 13.1 Å². The van der Waals surface area contributed by atoms with Crippen molar-refractivity contribution in [3.63, 3.8) is 0 Å². The molecule has 5 nitrogen and oxygen atoms in total. The second-order valence-electron chi connectivity index (χ2n) is 6.19. The van der Waals surface area contributed by atoms with E-state index in [2.05, 4.69) is 9.97 Å². The van der Waals surface area contributed by atoms with Crippen LogP contribution in [0.25, 0.3) is 11.3 Å². The fourth-order valence-electron chi connectivity index (χ4n) is 3.12. The Labute approximate surface area is 129 Å². The molecule has 0 spiro atoms. The average Bonchev–Trinajstić information content (AvgIpc) is 3.23. The molecule has 0 aromatic carbocycles. The Morgan fingerprint density at radius 3 is 2.91 bits per heavy atom. The highest BCUT2D eigenvalue weighted by Gasteiger charge is 2.28. The van der Waals surface area contributed by atoms with Crippen molar-refractivity contribution >= 4 is 5.91 Å². The van der Waals surface area contributed by atoms with Crippen molar-refractivity contribution in [3.05, 3.63) is 36.2 Å². The van der Waals surface area contributed by atoms with Gasteiger partial charge in [0.15, 0.2) is 0 Å². The maximum atomic E-state index is 12.3. The zero-order chi connectivity index (χ0) is 14.9. The van der Waals surface area contributed by atoms with E-state index in [1.165, 1.54) is 12.8 Å². The molecule has 1 amide bonds. The van der Waals surface area contributed by atoms with Crippen LogP contribution in [0.5, 0.6) is 0 Å². The summed E-state index contributed by atoms with van der Waals surface area (Å²) in [5.41, 5.74) is 4.14. The fourth-order valence-corrected chi connectivity index (χ4v) is 3.12. The van der Waals surface area contributed by atoms with Crippen molar-refractivity contribution in [1.82, 2.24) is 14.9 Å². The predicted octanol–water partition coefficient (Wildman–Crippen LogP) is 2.46. The highest BCUT2D eigenvalue weighted by atomic mass is 16.3. The van der Waals surface area contributed by atoms with E-state index in [0.29, 0.717) is 11.8 Å². The third-order valence-corrected chi connectivity index (χ3v) is 4.59. The molecule has 0 unspecified atom stereocenters. The zero-order valence-corrected chi connectivity index (χ0v) is 12.5. The molecule has 0 radical (unpaired) electrons. The summed E-state index contributed by atoms with van der Waals surface area (Å²) in [5, 5.41) is 0. The first-order chi connectivity index (χ1) is 10.8. The normalized spacial score (nSPS) is 17.9. The molecule has 0 saturated heterocycles. The number of nitrogens with zero attached hydrogens (tertiary/aromatic N) is 3. The van der Waals surface area contributed by atoms with E-state index < -0.39 is 0 Å². The van der Waals surface area contributed by atoms with Gasteiger partial charge in [-0.15, -0.1) is 0 Å². The number of hydrogen-bond acceptors (Lipinski definition) is 4. The molecule has 22 heavy (non-hydrogen) atoms. The first-order valence-corrected chi connectivity index (χ1v) is 7.94. The summed E-state index contributed by atoms with van der Waals surface area (Å²) in [4.78, 5) is 23.2. The van der Waals surface area contributed by atoms with Crippen molar-refractivity contribution in [3.8, 4) is 11.3 Å². The Hall–Kier alpha value is -2.17. The Morgan fingerprint density at radius 2 is 2.14 bits per heavy atom. The zero-order valence-electron chi connectivity index (χ0n) is 12.5. The van der Waals surface area contributed by atoms with Crippen LogP contribution in [0.15, 0.2) is 29.3 Å². The van der Waals surface area contributed by atoms with Gasteiger partial charge in [0.25, 0.3) is 0 Å². The number of amides is 1. The van der Waals surface area contributed by atoms with Gasteiger partial charge in [-0.3, -0.25) is 4.79 Å². The van der Waals surface area contributed by atoms with E-state index in [1.807, 2.05) is 11.0 Å². The highest BCUT2D eigenvalue weighted by molar-refractivity contribution is 5.77. The largest absolute Gasteiger partial charge is 0.472 e. The first-order valence-electron chi connectivity index (χ1n) is 7.94. The van der Waals surface area contributed by atoms with E-state index in [9.17, 15) is 4.79 Å². The summed E-state index contributed by atoms with van der Waals surface area (Å²) in [6.45, 7) is 1.52. The lowest BCUT2D eigenvalue weighted by atomic mass is 10.0. The Morgan fingerprint density at radius 1 is 1.27 bits per heavy atom. The molecular weight excluding hydrogens is 278 g/mol. The first kappa shape index (κ1) is 13.5. The van der Waals surface area contributed by atoms with Crippen LogP contribution in [0.4, 0.5) is 0 Å². The van der Waals surface area contributed by atoms with Crippen molar-refractivity contribution in [2.45, 2.75) is 32.1 Å². The van der Waals surface area contributed by atoms with Crippen LogP contribution >= 0.6 is 0 Å². The standard InChI is InChI=1S/C17H19N3O2/c21-16(9-12-1-2-12)20-6-3-14-15(4-7-20)18-11-19-17(14)13-5-8-22-10-13/h5,8,10-12H,1-4,6-7,9H2. The van der Waals surface area contributed by atoms with Crippen molar-refractivity contribution < 1.29 is 9.21 Å². The molecule has 1 saturated carbocycles. The number of carbonyl (C=O) groups is 1. The summed E-state index contributed by atoms with van der Waals surface area (Å²) in [6.07, 6.45) is 9.76. The van der Waals surface area contributed by atoms with Crippen molar-refractivity contribution in [1.29, 1.82) is 0 Å². The molecule has 1 aliphatic heterocycles.